The Balaban J connectivity index is 2.25. The molecule has 0 spiro atoms. The summed E-state index contributed by atoms with van der Waals surface area (Å²) in [5, 5.41) is 0. The minimum Gasteiger partial charge on any atom is -0.464 e. The summed E-state index contributed by atoms with van der Waals surface area (Å²) >= 11 is 0. The normalized spacial score (nSPS) is 10.0. The van der Waals surface area contributed by atoms with Crippen LogP contribution in [0.4, 0.5) is 0 Å². The molecule has 0 radical (unpaired) electrons. The fraction of sp³-hybridized carbons (Fsp3) is 0.429. The molecule has 1 aromatic carbocycles. The minimum absolute atomic E-state index is 0.247. The quantitative estimate of drug-likeness (QED) is 0.557. The van der Waals surface area contributed by atoms with Crippen LogP contribution >= 0.6 is 0 Å². The molecule has 0 unspecified atom stereocenters. The maximum atomic E-state index is 11.5. The number of para-hydroxylation sites is 1. The van der Waals surface area contributed by atoms with Crippen molar-refractivity contribution in [3.8, 4) is 5.75 Å². The Bertz CT molecular complexity index is 428. The molecule has 0 heterocycles. The van der Waals surface area contributed by atoms with Gasteiger partial charge in [0.05, 0.1) is 6.61 Å². The Labute approximate surface area is 112 Å². The predicted molar refractivity (Wildman–Crippen MR) is 68.9 cm³/mol. The molecule has 0 bridgehead atoms. The molecular weight excluding hydrogens is 248 g/mol. The third-order valence-corrected chi connectivity index (χ3v) is 2.22. The SMILES string of the molecule is CCCOC(=O)COCC(=O)Oc1ccccc1C. The molecule has 0 aromatic heterocycles. The molecule has 0 atom stereocenters. The highest BCUT2D eigenvalue weighted by Crippen LogP contribution is 2.16. The Kier molecular flexibility index (Phi) is 6.60. The van der Waals surface area contributed by atoms with E-state index in [4.69, 9.17) is 14.2 Å². The van der Waals surface area contributed by atoms with Crippen LogP contribution in [0, 0.1) is 6.92 Å². The van der Waals surface area contributed by atoms with E-state index in [1.807, 2.05) is 26.0 Å². The van der Waals surface area contributed by atoms with Crippen molar-refractivity contribution in [2.24, 2.45) is 0 Å². The summed E-state index contributed by atoms with van der Waals surface area (Å²) in [6.07, 6.45) is 0.751. The summed E-state index contributed by atoms with van der Waals surface area (Å²) in [6, 6.07) is 7.17. The largest absolute Gasteiger partial charge is 0.464 e. The van der Waals surface area contributed by atoms with Crippen LogP contribution in [0.25, 0.3) is 0 Å². The van der Waals surface area contributed by atoms with Crippen LogP contribution in [0.2, 0.25) is 0 Å². The third-order valence-electron chi connectivity index (χ3n) is 2.22. The fourth-order valence-corrected chi connectivity index (χ4v) is 1.30. The van der Waals surface area contributed by atoms with Gasteiger partial charge in [0.15, 0.2) is 0 Å². The molecule has 5 heteroatoms. The number of ether oxygens (including phenoxy) is 3. The highest BCUT2D eigenvalue weighted by atomic mass is 16.6. The maximum absolute atomic E-state index is 11.5. The Morgan fingerprint density at radius 1 is 1.11 bits per heavy atom. The van der Waals surface area contributed by atoms with Crippen molar-refractivity contribution in [1.82, 2.24) is 0 Å². The van der Waals surface area contributed by atoms with Crippen LogP contribution in [0.3, 0.4) is 0 Å². The number of rotatable bonds is 7. The van der Waals surface area contributed by atoms with E-state index in [0.717, 1.165) is 12.0 Å². The van der Waals surface area contributed by atoms with Gasteiger partial charge in [0.1, 0.15) is 19.0 Å². The summed E-state index contributed by atoms with van der Waals surface area (Å²) in [5.41, 5.74) is 0.859. The Morgan fingerprint density at radius 3 is 2.47 bits per heavy atom. The van der Waals surface area contributed by atoms with Gasteiger partial charge in [-0.1, -0.05) is 25.1 Å². The second-order valence-corrected chi connectivity index (χ2v) is 3.95. The molecule has 0 aliphatic heterocycles. The molecule has 0 aliphatic rings. The third kappa shape index (κ3) is 6.01. The zero-order valence-electron chi connectivity index (χ0n) is 11.2. The zero-order chi connectivity index (χ0) is 14.1. The summed E-state index contributed by atoms with van der Waals surface area (Å²) in [7, 11) is 0. The van der Waals surface area contributed by atoms with Crippen molar-refractivity contribution in [2.75, 3.05) is 19.8 Å². The average Bonchev–Trinajstić information content (AvgIpc) is 2.39. The van der Waals surface area contributed by atoms with Gasteiger partial charge in [-0.2, -0.15) is 0 Å². The summed E-state index contributed by atoms with van der Waals surface area (Å²) < 4.78 is 14.8. The highest BCUT2D eigenvalue weighted by molar-refractivity contribution is 5.75. The van der Waals surface area contributed by atoms with Crippen molar-refractivity contribution in [3.63, 3.8) is 0 Å². The molecule has 1 rings (SSSR count). The molecule has 5 nitrogen and oxygen atoms in total. The first-order valence-electron chi connectivity index (χ1n) is 6.13. The lowest BCUT2D eigenvalue weighted by atomic mass is 10.2. The molecule has 19 heavy (non-hydrogen) atoms. The van der Waals surface area contributed by atoms with Gasteiger partial charge in [0.25, 0.3) is 0 Å². The minimum atomic E-state index is -0.544. The first kappa shape index (κ1) is 15.2. The first-order valence-corrected chi connectivity index (χ1v) is 6.13. The van der Waals surface area contributed by atoms with E-state index in [2.05, 4.69) is 0 Å². The van der Waals surface area contributed by atoms with Crippen LogP contribution in [-0.2, 0) is 19.1 Å². The molecule has 0 saturated heterocycles. The first-order chi connectivity index (χ1) is 9.13. The van der Waals surface area contributed by atoms with Gasteiger partial charge in [0, 0.05) is 0 Å². The van der Waals surface area contributed by atoms with E-state index in [0.29, 0.717) is 12.4 Å². The zero-order valence-corrected chi connectivity index (χ0v) is 11.2. The van der Waals surface area contributed by atoms with Crippen LogP contribution in [0.1, 0.15) is 18.9 Å². The number of carbonyl (C=O) groups excluding carboxylic acids is 2. The van der Waals surface area contributed by atoms with Gasteiger partial charge in [-0.3, -0.25) is 0 Å². The van der Waals surface area contributed by atoms with Crippen molar-refractivity contribution < 1.29 is 23.8 Å². The van der Waals surface area contributed by atoms with E-state index < -0.39 is 11.9 Å². The molecule has 0 N–H and O–H groups in total. The average molecular weight is 266 g/mol. The van der Waals surface area contributed by atoms with Crippen molar-refractivity contribution in [2.45, 2.75) is 20.3 Å². The summed E-state index contributed by atoms with van der Waals surface area (Å²) in [4.78, 5) is 22.6. The predicted octanol–water partition coefficient (Wildman–Crippen LogP) is 1.87. The van der Waals surface area contributed by atoms with Gasteiger partial charge >= 0.3 is 11.9 Å². The second kappa shape index (κ2) is 8.26. The number of benzene rings is 1. The van der Waals surface area contributed by atoms with Gasteiger partial charge in [-0.15, -0.1) is 0 Å². The lowest BCUT2D eigenvalue weighted by molar-refractivity contribution is -0.151. The van der Waals surface area contributed by atoms with E-state index in [9.17, 15) is 9.59 Å². The standard InChI is InChI=1S/C14H18O5/c1-3-8-18-13(15)9-17-10-14(16)19-12-7-5-4-6-11(12)2/h4-7H,3,8-10H2,1-2H3. The van der Waals surface area contributed by atoms with Crippen molar-refractivity contribution in [1.29, 1.82) is 0 Å². The molecule has 104 valence electrons. The van der Waals surface area contributed by atoms with Crippen LogP contribution < -0.4 is 4.74 Å². The van der Waals surface area contributed by atoms with E-state index in [1.54, 1.807) is 12.1 Å². The number of carbonyl (C=O) groups is 2. The molecule has 0 fully saturated rings. The van der Waals surface area contributed by atoms with Gasteiger partial charge in [-0.25, -0.2) is 9.59 Å². The van der Waals surface area contributed by atoms with Crippen LogP contribution in [0.15, 0.2) is 24.3 Å². The topological polar surface area (TPSA) is 61.8 Å². The van der Waals surface area contributed by atoms with E-state index >= 15 is 0 Å². The fourth-order valence-electron chi connectivity index (χ4n) is 1.30. The second-order valence-electron chi connectivity index (χ2n) is 3.95. The lowest BCUT2D eigenvalue weighted by Crippen LogP contribution is -2.20. The van der Waals surface area contributed by atoms with Crippen molar-refractivity contribution >= 4 is 11.9 Å². The van der Waals surface area contributed by atoms with E-state index in [-0.39, 0.29) is 13.2 Å². The lowest BCUT2D eigenvalue weighted by Gasteiger charge is -2.07. The van der Waals surface area contributed by atoms with Crippen LogP contribution in [0.5, 0.6) is 5.75 Å². The molecule has 1 aromatic rings. The highest BCUT2D eigenvalue weighted by Gasteiger charge is 2.09. The molecular formula is C14H18O5. The Morgan fingerprint density at radius 2 is 1.79 bits per heavy atom. The smallest absolute Gasteiger partial charge is 0.337 e. The van der Waals surface area contributed by atoms with Gasteiger partial charge in [0.2, 0.25) is 0 Å². The monoisotopic (exact) mass is 266 g/mol. The molecule has 0 amide bonds. The maximum Gasteiger partial charge on any atom is 0.337 e. The van der Waals surface area contributed by atoms with Crippen LogP contribution in [-0.4, -0.2) is 31.8 Å². The number of hydrogen-bond donors (Lipinski definition) is 0. The van der Waals surface area contributed by atoms with Gasteiger partial charge < -0.3 is 14.2 Å². The summed E-state index contributed by atoms with van der Waals surface area (Å²) in [6.45, 7) is 3.56. The molecule has 0 saturated carbocycles. The van der Waals surface area contributed by atoms with E-state index in [1.165, 1.54) is 0 Å². The van der Waals surface area contributed by atoms with Crippen molar-refractivity contribution in [3.05, 3.63) is 29.8 Å². The Hall–Kier alpha value is -1.88. The summed E-state index contributed by atoms with van der Waals surface area (Å²) in [5.74, 6) is -0.534. The molecule has 0 aliphatic carbocycles. The number of hydrogen-bond acceptors (Lipinski definition) is 5. The number of esters is 2. The number of aryl methyl sites for hydroxylation is 1. The van der Waals surface area contributed by atoms with Gasteiger partial charge in [-0.05, 0) is 25.0 Å².